The van der Waals surface area contributed by atoms with Crippen molar-refractivity contribution in [3.05, 3.63) is 22.8 Å². The normalized spacial score (nSPS) is 11.5. The Balaban J connectivity index is 2.96. The summed E-state index contributed by atoms with van der Waals surface area (Å²) in [4.78, 5) is 0. The van der Waals surface area contributed by atoms with Crippen molar-refractivity contribution < 1.29 is 14.6 Å². The van der Waals surface area contributed by atoms with Gasteiger partial charge in [-0.3, -0.25) is 0 Å². The second-order valence-electron chi connectivity index (χ2n) is 5.44. The van der Waals surface area contributed by atoms with Crippen LogP contribution in [-0.2, 0) is 6.54 Å². The summed E-state index contributed by atoms with van der Waals surface area (Å²) in [6.45, 7) is 8.74. The summed E-state index contributed by atoms with van der Waals surface area (Å²) in [6.07, 6.45) is 0. The Morgan fingerprint density at radius 3 is 2.26 bits per heavy atom. The minimum absolute atomic E-state index is 0.519. The van der Waals surface area contributed by atoms with E-state index in [4.69, 9.17) is 9.47 Å². The average molecular weight is 267 g/mol. The van der Waals surface area contributed by atoms with E-state index in [9.17, 15) is 5.11 Å². The molecule has 0 saturated carbocycles. The van der Waals surface area contributed by atoms with Gasteiger partial charge in [0.05, 0.1) is 19.8 Å². The molecule has 0 radical (unpaired) electrons. The van der Waals surface area contributed by atoms with Gasteiger partial charge in [-0.1, -0.05) is 0 Å². The fraction of sp³-hybridized carbons (Fsp3) is 0.600. The number of hydrogen-bond acceptors (Lipinski definition) is 4. The highest BCUT2D eigenvalue weighted by Gasteiger charge is 2.15. The first kappa shape index (κ1) is 15.8. The maximum absolute atomic E-state index is 9.70. The zero-order valence-corrected chi connectivity index (χ0v) is 12.8. The van der Waals surface area contributed by atoms with Crippen molar-refractivity contribution in [2.45, 2.75) is 39.8 Å². The molecule has 0 unspecified atom stereocenters. The van der Waals surface area contributed by atoms with Crippen LogP contribution in [0.1, 0.15) is 30.5 Å². The molecule has 0 heterocycles. The molecule has 108 valence electrons. The molecule has 0 atom stereocenters. The van der Waals surface area contributed by atoms with E-state index >= 15 is 0 Å². The molecule has 0 aliphatic carbocycles. The summed E-state index contributed by atoms with van der Waals surface area (Å²) < 4.78 is 10.9. The maximum Gasteiger partial charge on any atom is 0.126 e. The van der Waals surface area contributed by atoms with Crippen LogP contribution in [0.2, 0.25) is 0 Å². The van der Waals surface area contributed by atoms with Gasteiger partial charge in [0, 0.05) is 18.7 Å². The van der Waals surface area contributed by atoms with Gasteiger partial charge >= 0.3 is 0 Å². The van der Waals surface area contributed by atoms with Crippen LogP contribution in [0, 0.1) is 13.8 Å². The van der Waals surface area contributed by atoms with Gasteiger partial charge in [-0.2, -0.15) is 0 Å². The second-order valence-corrected chi connectivity index (χ2v) is 5.44. The van der Waals surface area contributed by atoms with Crippen molar-refractivity contribution in [3.8, 4) is 11.5 Å². The molecule has 0 saturated heterocycles. The average Bonchev–Trinajstić information content (AvgIpc) is 2.32. The van der Waals surface area contributed by atoms with Crippen molar-refractivity contribution in [2.24, 2.45) is 0 Å². The largest absolute Gasteiger partial charge is 0.496 e. The van der Waals surface area contributed by atoms with Gasteiger partial charge in [0.1, 0.15) is 11.5 Å². The van der Waals surface area contributed by atoms with Crippen molar-refractivity contribution in [1.29, 1.82) is 0 Å². The monoisotopic (exact) mass is 267 g/mol. The van der Waals surface area contributed by atoms with Crippen molar-refractivity contribution >= 4 is 0 Å². The molecule has 1 rings (SSSR count). The van der Waals surface area contributed by atoms with Gasteiger partial charge in [-0.15, -0.1) is 0 Å². The SMILES string of the molecule is COc1cc(CNCC(C)(C)O)c(OC)c(C)c1C. The van der Waals surface area contributed by atoms with Crippen molar-refractivity contribution in [3.63, 3.8) is 0 Å². The van der Waals surface area contributed by atoms with E-state index in [0.29, 0.717) is 13.1 Å². The highest BCUT2D eigenvalue weighted by molar-refractivity contribution is 5.52. The summed E-state index contributed by atoms with van der Waals surface area (Å²) in [5.74, 6) is 1.74. The summed E-state index contributed by atoms with van der Waals surface area (Å²) in [7, 11) is 3.34. The minimum atomic E-state index is -0.725. The van der Waals surface area contributed by atoms with E-state index in [-0.39, 0.29) is 0 Å². The first-order valence-electron chi connectivity index (χ1n) is 6.44. The predicted octanol–water partition coefficient (Wildman–Crippen LogP) is 2.18. The summed E-state index contributed by atoms with van der Waals surface area (Å²) >= 11 is 0. The zero-order chi connectivity index (χ0) is 14.6. The van der Waals surface area contributed by atoms with E-state index in [1.54, 1.807) is 28.1 Å². The van der Waals surface area contributed by atoms with E-state index in [1.165, 1.54) is 0 Å². The number of aliphatic hydroxyl groups is 1. The number of hydrogen-bond donors (Lipinski definition) is 2. The Bertz CT molecular complexity index is 436. The lowest BCUT2D eigenvalue weighted by atomic mass is 10.0. The lowest BCUT2D eigenvalue weighted by Crippen LogP contribution is -2.34. The fourth-order valence-corrected chi connectivity index (χ4v) is 2.06. The van der Waals surface area contributed by atoms with Crippen molar-refractivity contribution in [1.82, 2.24) is 5.32 Å². The first-order valence-corrected chi connectivity index (χ1v) is 6.44. The third-order valence-electron chi connectivity index (χ3n) is 3.17. The van der Waals surface area contributed by atoms with Crippen LogP contribution >= 0.6 is 0 Å². The van der Waals surface area contributed by atoms with Gasteiger partial charge < -0.3 is 19.9 Å². The number of benzene rings is 1. The summed E-state index contributed by atoms with van der Waals surface area (Å²) in [6, 6.07) is 1.98. The Hall–Kier alpha value is -1.26. The third kappa shape index (κ3) is 4.11. The number of rotatable bonds is 6. The standard InChI is InChI=1S/C15H25NO3/c1-10-11(2)14(19-6)12(7-13(10)18-5)8-16-9-15(3,4)17/h7,16-17H,8-9H2,1-6H3. The van der Waals surface area contributed by atoms with Gasteiger partial charge in [0.2, 0.25) is 0 Å². The zero-order valence-electron chi connectivity index (χ0n) is 12.8. The van der Waals surface area contributed by atoms with Crippen LogP contribution in [0.25, 0.3) is 0 Å². The smallest absolute Gasteiger partial charge is 0.126 e. The molecule has 0 bridgehead atoms. The molecular weight excluding hydrogens is 242 g/mol. The molecule has 4 nitrogen and oxygen atoms in total. The first-order chi connectivity index (χ1) is 8.80. The Morgan fingerprint density at radius 2 is 1.79 bits per heavy atom. The Labute approximate surface area is 115 Å². The quantitative estimate of drug-likeness (QED) is 0.829. The topological polar surface area (TPSA) is 50.7 Å². The number of ether oxygens (including phenoxy) is 2. The van der Waals surface area contributed by atoms with E-state index in [2.05, 4.69) is 5.32 Å². The van der Waals surface area contributed by atoms with Crippen LogP contribution in [0.15, 0.2) is 6.07 Å². The van der Waals surface area contributed by atoms with E-state index < -0.39 is 5.60 Å². The van der Waals surface area contributed by atoms with Crippen LogP contribution in [0.5, 0.6) is 11.5 Å². The van der Waals surface area contributed by atoms with E-state index in [1.807, 2.05) is 19.9 Å². The van der Waals surface area contributed by atoms with E-state index in [0.717, 1.165) is 28.2 Å². The lowest BCUT2D eigenvalue weighted by molar-refractivity contribution is 0.0794. The second kappa shape index (κ2) is 6.26. The van der Waals surface area contributed by atoms with Crippen LogP contribution in [0.4, 0.5) is 0 Å². The molecule has 0 aromatic heterocycles. The molecular formula is C15H25NO3. The maximum atomic E-state index is 9.70. The van der Waals surface area contributed by atoms with Crippen molar-refractivity contribution in [2.75, 3.05) is 20.8 Å². The molecule has 1 aromatic carbocycles. The molecule has 1 aromatic rings. The van der Waals surface area contributed by atoms with Gasteiger partial charge in [-0.05, 0) is 44.9 Å². The molecule has 4 heteroatoms. The molecule has 0 fully saturated rings. The molecule has 2 N–H and O–H groups in total. The number of methoxy groups -OCH3 is 2. The van der Waals surface area contributed by atoms with Gasteiger partial charge in [0.15, 0.2) is 0 Å². The third-order valence-corrected chi connectivity index (χ3v) is 3.17. The van der Waals surface area contributed by atoms with Crippen LogP contribution in [-0.4, -0.2) is 31.5 Å². The minimum Gasteiger partial charge on any atom is -0.496 e. The van der Waals surface area contributed by atoms with Crippen LogP contribution < -0.4 is 14.8 Å². The summed E-state index contributed by atoms with van der Waals surface area (Å²) in [5, 5.41) is 12.9. The molecule has 0 spiro atoms. The fourth-order valence-electron chi connectivity index (χ4n) is 2.06. The molecule has 19 heavy (non-hydrogen) atoms. The lowest BCUT2D eigenvalue weighted by Gasteiger charge is -2.20. The van der Waals surface area contributed by atoms with Gasteiger partial charge in [0.25, 0.3) is 0 Å². The molecule has 0 aliphatic rings. The van der Waals surface area contributed by atoms with Crippen LogP contribution in [0.3, 0.4) is 0 Å². The predicted molar refractivity (Wildman–Crippen MR) is 77.0 cm³/mol. The Morgan fingerprint density at radius 1 is 1.16 bits per heavy atom. The molecule has 0 aliphatic heterocycles. The highest BCUT2D eigenvalue weighted by Crippen LogP contribution is 2.33. The highest BCUT2D eigenvalue weighted by atomic mass is 16.5. The number of nitrogens with one attached hydrogen (secondary N) is 1. The van der Waals surface area contributed by atoms with Gasteiger partial charge in [-0.25, -0.2) is 0 Å². The Kier molecular flexibility index (Phi) is 5.20. The molecule has 0 amide bonds. The summed E-state index contributed by atoms with van der Waals surface area (Å²) in [5.41, 5.74) is 2.48.